The number of sulfonamides is 1. The van der Waals surface area contributed by atoms with Gasteiger partial charge in [0, 0.05) is 57.2 Å². The number of hydrogen-bond donors (Lipinski definition) is 3. The van der Waals surface area contributed by atoms with Crippen molar-refractivity contribution in [3.05, 3.63) is 120 Å². The number of anilines is 3. The van der Waals surface area contributed by atoms with E-state index >= 15 is 0 Å². The average molecular weight is 669 g/mol. The number of aryl methyl sites for hydroxylation is 2. The summed E-state index contributed by atoms with van der Waals surface area (Å²) in [6.45, 7) is 6.74. The van der Waals surface area contributed by atoms with Crippen LogP contribution in [0.15, 0.2) is 112 Å². The van der Waals surface area contributed by atoms with Crippen LogP contribution >= 0.6 is 0 Å². The van der Waals surface area contributed by atoms with Crippen molar-refractivity contribution >= 4 is 53.9 Å². The highest BCUT2D eigenvalue weighted by atomic mass is 32.2. The highest BCUT2D eigenvalue weighted by Crippen LogP contribution is 2.43. The lowest BCUT2D eigenvalue weighted by atomic mass is 9.93. The highest BCUT2D eigenvalue weighted by Gasteiger charge is 2.24. The van der Waals surface area contributed by atoms with E-state index in [0.717, 1.165) is 28.4 Å². The summed E-state index contributed by atoms with van der Waals surface area (Å²) in [5, 5.41) is 4.90. The third-order valence-corrected chi connectivity index (χ3v) is 9.51. The van der Waals surface area contributed by atoms with Crippen molar-refractivity contribution < 1.29 is 25.8 Å². The molecular formula is C36H34N3O6S2+. The lowest BCUT2D eigenvalue weighted by Crippen LogP contribution is -2.25. The summed E-state index contributed by atoms with van der Waals surface area (Å²) in [5.41, 5.74) is 6.94. The summed E-state index contributed by atoms with van der Waals surface area (Å²) in [7, 11) is -8.02. The van der Waals surface area contributed by atoms with E-state index in [2.05, 4.69) is 40.6 Å². The van der Waals surface area contributed by atoms with Gasteiger partial charge in [0.1, 0.15) is 22.8 Å². The molecule has 0 saturated heterocycles. The summed E-state index contributed by atoms with van der Waals surface area (Å²) < 4.78 is 70.2. The minimum Gasteiger partial charge on any atom is -0.456 e. The highest BCUT2D eigenvalue weighted by molar-refractivity contribution is 7.92. The van der Waals surface area contributed by atoms with E-state index in [1.807, 2.05) is 61.5 Å². The van der Waals surface area contributed by atoms with Crippen molar-refractivity contribution in [2.24, 2.45) is 0 Å². The largest absolute Gasteiger partial charge is 0.456 e. The zero-order valence-corrected chi connectivity index (χ0v) is 27.9. The SMILES string of the molecule is CC[N+](c1ccccc1C)=c1ccc2c(-c3ccccc3S(=O)(=O)O)c3ccc(Nc4cc(NS(C)(=O)=O)ccc4C)cc3oc-2c1. The molecule has 0 aromatic heterocycles. The van der Waals surface area contributed by atoms with Crippen molar-refractivity contribution in [1.82, 2.24) is 4.58 Å². The molecular weight excluding hydrogens is 635 g/mol. The maximum absolute atomic E-state index is 12.5. The van der Waals surface area contributed by atoms with Gasteiger partial charge >= 0.3 is 0 Å². The molecule has 240 valence electrons. The van der Waals surface area contributed by atoms with Gasteiger partial charge in [-0.25, -0.2) is 8.42 Å². The van der Waals surface area contributed by atoms with Gasteiger partial charge in [-0.15, -0.1) is 0 Å². The summed E-state index contributed by atoms with van der Waals surface area (Å²) in [4.78, 5) is -0.207. The van der Waals surface area contributed by atoms with Gasteiger partial charge in [0.15, 0.2) is 0 Å². The number of nitrogens with one attached hydrogen (secondary N) is 2. The fourth-order valence-corrected chi connectivity index (χ4v) is 7.11. The van der Waals surface area contributed by atoms with Crippen molar-refractivity contribution in [3.63, 3.8) is 0 Å². The smallest absolute Gasteiger partial charge is 0.295 e. The van der Waals surface area contributed by atoms with Gasteiger partial charge in [0.25, 0.3) is 10.1 Å². The molecule has 0 radical (unpaired) electrons. The lowest BCUT2D eigenvalue weighted by molar-refractivity contribution is 0.483. The predicted molar refractivity (Wildman–Crippen MR) is 188 cm³/mol. The van der Waals surface area contributed by atoms with E-state index < -0.39 is 20.1 Å². The molecule has 0 spiro atoms. The molecule has 0 saturated carbocycles. The average Bonchev–Trinajstić information content (AvgIpc) is 3.01. The first kappa shape index (κ1) is 32.0. The Labute approximate surface area is 274 Å². The second-order valence-corrected chi connectivity index (χ2v) is 14.5. The molecule has 4 aromatic rings. The Morgan fingerprint density at radius 2 is 1.49 bits per heavy atom. The Kier molecular flexibility index (Phi) is 8.39. The van der Waals surface area contributed by atoms with Gasteiger partial charge in [-0.05, 0) is 62.7 Å². The molecule has 0 bridgehead atoms. The monoisotopic (exact) mass is 668 g/mol. The van der Waals surface area contributed by atoms with E-state index in [1.165, 1.54) is 6.07 Å². The first-order chi connectivity index (χ1) is 22.3. The van der Waals surface area contributed by atoms with E-state index in [0.29, 0.717) is 57.0 Å². The molecule has 1 heterocycles. The summed E-state index contributed by atoms with van der Waals surface area (Å²) in [5.74, 6) is 0.523. The molecule has 1 aliphatic carbocycles. The zero-order valence-electron chi connectivity index (χ0n) is 26.3. The minimum absolute atomic E-state index is 0.207. The Hall–Kier alpha value is -4.97. The third kappa shape index (κ3) is 6.64. The van der Waals surface area contributed by atoms with Crippen molar-refractivity contribution in [3.8, 4) is 22.5 Å². The van der Waals surface area contributed by atoms with Crippen LogP contribution in [0.1, 0.15) is 18.1 Å². The van der Waals surface area contributed by atoms with Gasteiger partial charge in [0.05, 0.1) is 18.0 Å². The number of rotatable bonds is 8. The topological polar surface area (TPSA) is 129 Å². The third-order valence-electron chi connectivity index (χ3n) is 7.99. The van der Waals surface area contributed by atoms with Gasteiger partial charge in [-0.3, -0.25) is 9.27 Å². The second-order valence-electron chi connectivity index (χ2n) is 11.4. The number of fused-ring (bicyclic) bond motifs is 2. The lowest BCUT2D eigenvalue weighted by Gasteiger charge is -2.18. The molecule has 9 nitrogen and oxygen atoms in total. The number of para-hydroxylation sites is 1. The first-order valence-electron chi connectivity index (χ1n) is 14.9. The van der Waals surface area contributed by atoms with Gasteiger partial charge in [-0.2, -0.15) is 13.0 Å². The zero-order chi connectivity index (χ0) is 33.5. The van der Waals surface area contributed by atoms with Gasteiger partial charge in [0.2, 0.25) is 21.1 Å². The summed E-state index contributed by atoms with van der Waals surface area (Å²) in [6.07, 6.45) is 1.10. The Morgan fingerprint density at radius 1 is 0.766 bits per heavy atom. The van der Waals surface area contributed by atoms with Crippen LogP contribution in [-0.2, 0) is 20.1 Å². The van der Waals surface area contributed by atoms with Gasteiger partial charge < -0.3 is 9.73 Å². The molecule has 0 fully saturated rings. The fourth-order valence-electron chi connectivity index (χ4n) is 5.86. The maximum atomic E-state index is 12.5. The van der Waals surface area contributed by atoms with Crippen LogP contribution in [0, 0.1) is 13.8 Å². The summed E-state index contributed by atoms with van der Waals surface area (Å²) >= 11 is 0. The maximum Gasteiger partial charge on any atom is 0.295 e. The summed E-state index contributed by atoms with van der Waals surface area (Å²) in [6, 6.07) is 31.0. The Bertz CT molecular complexity index is 2430. The minimum atomic E-state index is -4.56. The Morgan fingerprint density at radius 3 is 2.21 bits per heavy atom. The Balaban J connectivity index is 1.61. The van der Waals surface area contributed by atoms with E-state index in [-0.39, 0.29) is 4.90 Å². The van der Waals surface area contributed by atoms with Crippen LogP contribution in [-0.4, -0.2) is 34.2 Å². The fraction of sp³-hybridized carbons (Fsp3) is 0.139. The van der Waals surface area contributed by atoms with Crippen molar-refractivity contribution in [1.29, 1.82) is 0 Å². The van der Waals surface area contributed by atoms with Crippen LogP contribution in [0.4, 0.5) is 22.7 Å². The van der Waals surface area contributed by atoms with Crippen LogP contribution in [0.2, 0.25) is 0 Å². The normalized spacial score (nSPS) is 12.7. The molecule has 6 rings (SSSR count). The second kappa shape index (κ2) is 12.3. The van der Waals surface area contributed by atoms with Crippen molar-refractivity contribution in [2.75, 3.05) is 22.8 Å². The molecule has 0 unspecified atom stereocenters. The molecule has 0 atom stereocenters. The van der Waals surface area contributed by atoms with Crippen LogP contribution < -0.4 is 20.0 Å². The van der Waals surface area contributed by atoms with Crippen LogP contribution in [0.25, 0.3) is 33.4 Å². The van der Waals surface area contributed by atoms with E-state index in [9.17, 15) is 21.4 Å². The first-order valence-corrected chi connectivity index (χ1v) is 18.2. The number of benzene rings is 5. The standard InChI is InChI=1S/C36H33N3O6S2/c1-5-39(32-12-8-6-10-24(32)3)27-17-19-29-34(22-27)45-33-21-25(37-31-20-26(15-14-23(31)2)38-46(4,40)41)16-18-28(33)36(29)30-11-7-9-13-35(30)47(42,43)44/h6-22,38H,5H2,1-4H3,(H,42,43,44)/p+1. The predicted octanol–water partition coefficient (Wildman–Crippen LogP) is 7.31. The molecule has 2 aliphatic rings. The number of hydrogen-bond acceptors (Lipinski definition) is 6. The molecule has 1 aliphatic heterocycles. The van der Waals surface area contributed by atoms with Crippen LogP contribution in [0.5, 0.6) is 0 Å². The van der Waals surface area contributed by atoms with E-state index in [1.54, 1.807) is 30.3 Å². The molecule has 3 N–H and O–H groups in total. The molecule has 4 aromatic carbocycles. The molecule has 0 amide bonds. The quantitative estimate of drug-likeness (QED) is 0.0882. The molecule has 11 heteroatoms. The number of nitrogens with zero attached hydrogens (tertiary/aromatic N) is 1. The molecule has 47 heavy (non-hydrogen) atoms. The van der Waals surface area contributed by atoms with Crippen molar-refractivity contribution in [2.45, 2.75) is 25.7 Å². The van der Waals surface area contributed by atoms with E-state index in [4.69, 9.17) is 4.42 Å². The van der Waals surface area contributed by atoms with Crippen LogP contribution in [0.3, 0.4) is 0 Å². The van der Waals surface area contributed by atoms with Gasteiger partial charge in [-0.1, -0.05) is 42.5 Å².